The van der Waals surface area contributed by atoms with Crippen LogP contribution in [0.1, 0.15) is 18.0 Å². The molecular weight excluding hydrogens is 307 g/mol. The van der Waals surface area contributed by atoms with E-state index in [1.54, 1.807) is 0 Å². The van der Waals surface area contributed by atoms with Crippen LogP contribution < -0.4 is 5.32 Å². The Hall–Kier alpha value is -1.25. The van der Waals surface area contributed by atoms with Gasteiger partial charge in [-0.2, -0.15) is 5.26 Å². The molecule has 1 aromatic carbocycles. The zero-order chi connectivity index (χ0) is 13.1. The van der Waals surface area contributed by atoms with E-state index in [-0.39, 0.29) is 30.9 Å². The minimum absolute atomic E-state index is 0. The van der Waals surface area contributed by atoms with Gasteiger partial charge in [0.25, 0.3) is 0 Å². The number of fused-ring (bicyclic) bond motifs is 1. The largest absolute Gasteiger partial charge is 0.361 e. The second kappa shape index (κ2) is 8.26. The number of para-hydroxylation sites is 1. The van der Waals surface area contributed by atoms with Crippen LogP contribution in [0.4, 0.5) is 0 Å². The summed E-state index contributed by atoms with van der Waals surface area (Å²) < 4.78 is 0. The molecule has 1 aliphatic heterocycles. The lowest BCUT2D eigenvalue weighted by Crippen LogP contribution is -2.45. The summed E-state index contributed by atoms with van der Waals surface area (Å²) in [6.07, 6.45) is 2.61. The Morgan fingerprint density at radius 3 is 2.62 bits per heavy atom. The molecule has 0 saturated carbocycles. The van der Waals surface area contributed by atoms with E-state index in [0.29, 0.717) is 6.42 Å². The first-order chi connectivity index (χ1) is 9.40. The van der Waals surface area contributed by atoms with Crippen molar-refractivity contribution in [1.82, 2.24) is 15.2 Å². The van der Waals surface area contributed by atoms with Crippen molar-refractivity contribution in [3.63, 3.8) is 0 Å². The second-order valence-corrected chi connectivity index (χ2v) is 4.95. The molecule has 2 aromatic rings. The van der Waals surface area contributed by atoms with Gasteiger partial charge < -0.3 is 10.3 Å². The number of halogens is 2. The molecule has 3 rings (SSSR count). The van der Waals surface area contributed by atoms with E-state index >= 15 is 0 Å². The van der Waals surface area contributed by atoms with Gasteiger partial charge in [-0.15, -0.1) is 24.8 Å². The Kier molecular flexibility index (Phi) is 7.00. The highest BCUT2D eigenvalue weighted by molar-refractivity contribution is 5.85. The molecule has 21 heavy (non-hydrogen) atoms. The van der Waals surface area contributed by atoms with Crippen LogP contribution in [0.5, 0.6) is 0 Å². The number of H-pyrrole nitrogens is 1. The highest BCUT2D eigenvalue weighted by Gasteiger charge is 2.24. The number of nitriles is 1. The molecule has 0 bridgehead atoms. The van der Waals surface area contributed by atoms with Crippen LogP contribution in [0.2, 0.25) is 0 Å². The standard InChI is InChI=1S/C15H18N4.2ClH/c16-6-5-15(19-9-7-17-8-10-19)13-11-18-14-4-2-1-3-12(13)14;;/h1-4,11,15,17-18H,5,7-10H2;2*1H/t15-;;/m0../s1. The lowest BCUT2D eigenvalue weighted by Gasteiger charge is -2.33. The highest BCUT2D eigenvalue weighted by Crippen LogP contribution is 2.30. The molecule has 2 heterocycles. The van der Waals surface area contributed by atoms with E-state index in [0.717, 1.165) is 31.7 Å². The van der Waals surface area contributed by atoms with Crippen LogP contribution in [-0.2, 0) is 0 Å². The molecule has 6 heteroatoms. The molecule has 0 amide bonds. The Labute approximate surface area is 137 Å². The number of nitrogens with one attached hydrogen (secondary N) is 2. The van der Waals surface area contributed by atoms with Crippen molar-refractivity contribution in [3.8, 4) is 6.07 Å². The first-order valence-corrected chi connectivity index (χ1v) is 6.78. The fraction of sp³-hybridized carbons (Fsp3) is 0.400. The van der Waals surface area contributed by atoms with Crippen molar-refractivity contribution in [2.45, 2.75) is 12.5 Å². The summed E-state index contributed by atoms with van der Waals surface area (Å²) in [5.74, 6) is 0. The quantitative estimate of drug-likeness (QED) is 0.911. The highest BCUT2D eigenvalue weighted by atomic mass is 35.5. The first-order valence-electron chi connectivity index (χ1n) is 6.78. The minimum atomic E-state index is 0. The van der Waals surface area contributed by atoms with Gasteiger partial charge in [-0.25, -0.2) is 0 Å². The smallest absolute Gasteiger partial charge is 0.0641 e. The number of aromatic nitrogens is 1. The molecule has 0 spiro atoms. The zero-order valence-electron chi connectivity index (χ0n) is 11.7. The molecule has 1 atom stereocenters. The molecule has 114 valence electrons. The number of piperazine rings is 1. The molecule has 2 N–H and O–H groups in total. The Morgan fingerprint density at radius 2 is 1.90 bits per heavy atom. The van der Waals surface area contributed by atoms with Gasteiger partial charge in [-0.05, 0) is 11.6 Å². The third-order valence-corrected chi connectivity index (χ3v) is 3.86. The van der Waals surface area contributed by atoms with Crippen molar-refractivity contribution in [1.29, 1.82) is 5.26 Å². The van der Waals surface area contributed by atoms with Crippen LogP contribution in [0, 0.1) is 11.3 Å². The summed E-state index contributed by atoms with van der Waals surface area (Å²) in [4.78, 5) is 5.73. The number of rotatable bonds is 3. The maximum Gasteiger partial charge on any atom is 0.0641 e. The summed E-state index contributed by atoms with van der Waals surface area (Å²) in [6.45, 7) is 4.02. The molecular formula is C15H20Cl2N4. The normalized spacial score (nSPS) is 16.5. The molecule has 4 nitrogen and oxygen atoms in total. The fourth-order valence-corrected chi connectivity index (χ4v) is 2.89. The predicted molar refractivity (Wildman–Crippen MR) is 90.2 cm³/mol. The topological polar surface area (TPSA) is 54.9 Å². The van der Waals surface area contributed by atoms with Crippen molar-refractivity contribution < 1.29 is 0 Å². The van der Waals surface area contributed by atoms with E-state index in [1.807, 2.05) is 6.07 Å². The maximum atomic E-state index is 9.14. The molecule has 0 radical (unpaired) electrons. The number of nitrogens with zero attached hydrogens (tertiary/aromatic N) is 2. The van der Waals surface area contributed by atoms with E-state index < -0.39 is 0 Å². The molecule has 0 unspecified atom stereocenters. The lowest BCUT2D eigenvalue weighted by atomic mass is 10.0. The third kappa shape index (κ3) is 3.69. The van der Waals surface area contributed by atoms with Gasteiger partial charge in [0.2, 0.25) is 0 Å². The summed E-state index contributed by atoms with van der Waals surface area (Å²) >= 11 is 0. The van der Waals surface area contributed by atoms with Crippen LogP contribution in [-0.4, -0.2) is 36.1 Å². The number of benzene rings is 1. The van der Waals surface area contributed by atoms with Crippen LogP contribution >= 0.6 is 24.8 Å². The Bertz CT molecular complexity index is 599. The predicted octanol–water partition coefficient (Wildman–Crippen LogP) is 2.87. The van der Waals surface area contributed by atoms with Crippen LogP contribution in [0.25, 0.3) is 10.9 Å². The van der Waals surface area contributed by atoms with Gasteiger partial charge >= 0.3 is 0 Å². The molecule has 1 fully saturated rings. The summed E-state index contributed by atoms with van der Waals surface area (Å²) in [7, 11) is 0. The maximum absolute atomic E-state index is 9.14. The fourth-order valence-electron chi connectivity index (χ4n) is 2.89. The molecule has 1 aromatic heterocycles. The van der Waals surface area contributed by atoms with Crippen LogP contribution in [0.15, 0.2) is 30.5 Å². The van der Waals surface area contributed by atoms with Gasteiger partial charge in [-0.1, -0.05) is 18.2 Å². The van der Waals surface area contributed by atoms with Gasteiger partial charge in [0.05, 0.1) is 12.5 Å². The summed E-state index contributed by atoms with van der Waals surface area (Å²) in [5, 5.41) is 13.7. The van der Waals surface area contributed by atoms with Gasteiger partial charge in [0, 0.05) is 49.3 Å². The summed E-state index contributed by atoms with van der Waals surface area (Å²) in [6, 6.07) is 10.8. The Balaban J connectivity index is 0.00000110. The SMILES string of the molecule is Cl.Cl.N#CC[C@@H](c1c[nH]c2ccccc12)N1CCNCC1. The lowest BCUT2D eigenvalue weighted by molar-refractivity contribution is 0.176. The van der Waals surface area contributed by atoms with Gasteiger partial charge in [0.1, 0.15) is 0 Å². The Morgan fingerprint density at radius 1 is 1.19 bits per heavy atom. The van der Waals surface area contributed by atoms with Gasteiger partial charge in [0.15, 0.2) is 0 Å². The molecule has 1 aliphatic rings. The number of aromatic amines is 1. The summed E-state index contributed by atoms with van der Waals surface area (Å²) in [5.41, 5.74) is 2.40. The van der Waals surface area contributed by atoms with E-state index in [2.05, 4.69) is 45.7 Å². The van der Waals surface area contributed by atoms with E-state index in [4.69, 9.17) is 5.26 Å². The van der Waals surface area contributed by atoms with E-state index in [1.165, 1.54) is 10.9 Å². The third-order valence-electron chi connectivity index (χ3n) is 3.86. The average Bonchev–Trinajstić information content (AvgIpc) is 2.89. The monoisotopic (exact) mass is 326 g/mol. The molecule has 1 saturated heterocycles. The zero-order valence-corrected chi connectivity index (χ0v) is 13.3. The van der Waals surface area contributed by atoms with E-state index in [9.17, 15) is 0 Å². The van der Waals surface area contributed by atoms with Crippen molar-refractivity contribution in [2.24, 2.45) is 0 Å². The van der Waals surface area contributed by atoms with Crippen molar-refractivity contribution in [3.05, 3.63) is 36.0 Å². The van der Waals surface area contributed by atoms with Crippen molar-refractivity contribution in [2.75, 3.05) is 26.2 Å². The minimum Gasteiger partial charge on any atom is -0.361 e. The second-order valence-electron chi connectivity index (χ2n) is 4.95. The number of hydrogen-bond acceptors (Lipinski definition) is 3. The van der Waals surface area contributed by atoms with Crippen molar-refractivity contribution >= 4 is 35.7 Å². The first kappa shape index (κ1) is 17.8. The van der Waals surface area contributed by atoms with Gasteiger partial charge in [-0.3, -0.25) is 4.90 Å². The number of hydrogen-bond donors (Lipinski definition) is 2. The van der Waals surface area contributed by atoms with Crippen LogP contribution in [0.3, 0.4) is 0 Å². The average molecular weight is 327 g/mol. The molecule has 0 aliphatic carbocycles.